The van der Waals surface area contributed by atoms with Crippen molar-refractivity contribution in [2.75, 3.05) is 13.1 Å². The summed E-state index contributed by atoms with van der Waals surface area (Å²) in [5.74, 6) is -0.0535. The Kier molecular flexibility index (Phi) is 4.75. The molecule has 86 valence electrons. The van der Waals surface area contributed by atoms with E-state index in [2.05, 4.69) is 5.32 Å². The van der Waals surface area contributed by atoms with Crippen LogP contribution in [0.3, 0.4) is 0 Å². The largest absolute Gasteiger partial charge is 0.355 e. The quantitative estimate of drug-likeness (QED) is 0.711. The summed E-state index contributed by atoms with van der Waals surface area (Å²) in [6, 6.07) is 0. The van der Waals surface area contributed by atoms with E-state index in [-0.39, 0.29) is 23.5 Å². The Balaban J connectivity index is 2.55. The molecule has 1 saturated carbocycles. The van der Waals surface area contributed by atoms with Crippen LogP contribution in [-0.4, -0.2) is 24.8 Å². The van der Waals surface area contributed by atoms with Crippen LogP contribution in [0.4, 0.5) is 0 Å². The molecule has 15 heavy (non-hydrogen) atoms. The van der Waals surface area contributed by atoms with E-state index < -0.39 is 0 Å². The van der Waals surface area contributed by atoms with Gasteiger partial charge in [0.15, 0.2) is 0 Å². The molecule has 3 N–H and O–H groups in total. The van der Waals surface area contributed by atoms with E-state index in [4.69, 9.17) is 5.73 Å². The maximum atomic E-state index is 11.8. The number of hydrogen-bond acceptors (Lipinski definition) is 3. The van der Waals surface area contributed by atoms with E-state index in [1.165, 1.54) is 0 Å². The predicted molar refractivity (Wildman–Crippen MR) is 58.2 cm³/mol. The molecule has 1 rings (SSSR count). The lowest BCUT2D eigenvalue weighted by atomic mass is 9.77. The normalized spacial score (nSPS) is 26.0. The van der Waals surface area contributed by atoms with Gasteiger partial charge in [0.25, 0.3) is 0 Å². The monoisotopic (exact) mass is 212 g/mol. The zero-order valence-corrected chi connectivity index (χ0v) is 9.29. The van der Waals surface area contributed by atoms with E-state index in [1.54, 1.807) is 6.92 Å². The minimum atomic E-state index is -0.122. The van der Waals surface area contributed by atoms with Crippen molar-refractivity contribution in [1.82, 2.24) is 5.32 Å². The van der Waals surface area contributed by atoms with Gasteiger partial charge in [0.05, 0.1) is 0 Å². The van der Waals surface area contributed by atoms with Crippen molar-refractivity contribution in [3.8, 4) is 0 Å². The first-order chi connectivity index (χ1) is 7.16. The van der Waals surface area contributed by atoms with Crippen molar-refractivity contribution in [3.63, 3.8) is 0 Å². The van der Waals surface area contributed by atoms with Crippen LogP contribution in [-0.2, 0) is 9.59 Å². The number of amides is 1. The van der Waals surface area contributed by atoms with E-state index in [0.29, 0.717) is 13.1 Å². The topological polar surface area (TPSA) is 72.2 Å². The molecule has 1 aliphatic rings. The molecule has 0 saturated heterocycles. The Morgan fingerprint density at radius 1 is 1.27 bits per heavy atom. The number of rotatable bonds is 4. The highest BCUT2D eigenvalue weighted by Crippen LogP contribution is 2.30. The van der Waals surface area contributed by atoms with Crippen molar-refractivity contribution in [2.24, 2.45) is 17.6 Å². The lowest BCUT2D eigenvalue weighted by Gasteiger charge is -2.28. The van der Waals surface area contributed by atoms with Crippen LogP contribution in [0.2, 0.25) is 0 Å². The molecule has 1 unspecified atom stereocenters. The number of carbonyl (C=O) groups excluding carboxylic acids is 2. The molecule has 4 heteroatoms. The van der Waals surface area contributed by atoms with Gasteiger partial charge in [-0.25, -0.2) is 0 Å². The number of nitrogens with two attached hydrogens (primary N) is 1. The summed E-state index contributed by atoms with van der Waals surface area (Å²) in [4.78, 5) is 23.1. The second kappa shape index (κ2) is 5.85. The fourth-order valence-electron chi connectivity index (χ4n) is 2.26. The molecule has 0 spiro atoms. The fourth-order valence-corrected chi connectivity index (χ4v) is 2.26. The van der Waals surface area contributed by atoms with E-state index >= 15 is 0 Å². The summed E-state index contributed by atoms with van der Waals surface area (Å²) in [6.45, 7) is 2.53. The zero-order chi connectivity index (χ0) is 11.3. The summed E-state index contributed by atoms with van der Waals surface area (Å²) in [5, 5.41) is 2.77. The average Bonchev–Trinajstić information content (AvgIpc) is 2.25. The number of nitrogens with one attached hydrogen (secondary N) is 1. The van der Waals surface area contributed by atoms with Gasteiger partial charge in [-0.3, -0.25) is 9.59 Å². The highest BCUT2D eigenvalue weighted by molar-refractivity contribution is 5.87. The standard InChI is InChI=1S/C11H20N2O2/c1-8(14)9-4-2-3-5-10(9)11(15)13-7-6-12/h9-10H,2-7,12H2,1H3,(H,13,15)/t9-,10?/m1/s1. The van der Waals surface area contributed by atoms with Gasteiger partial charge in [0.1, 0.15) is 5.78 Å². The summed E-state index contributed by atoms with van der Waals surface area (Å²) >= 11 is 0. The fraction of sp³-hybridized carbons (Fsp3) is 0.818. The van der Waals surface area contributed by atoms with Crippen LogP contribution < -0.4 is 11.1 Å². The summed E-state index contributed by atoms with van der Waals surface area (Å²) in [7, 11) is 0. The second-order valence-electron chi connectivity index (χ2n) is 4.19. The van der Waals surface area contributed by atoms with Gasteiger partial charge in [0, 0.05) is 24.9 Å². The summed E-state index contributed by atoms with van der Waals surface area (Å²) in [5.41, 5.74) is 5.32. The van der Waals surface area contributed by atoms with Gasteiger partial charge < -0.3 is 11.1 Å². The lowest BCUT2D eigenvalue weighted by Crippen LogP contribution is -2.40. The SMILES string of the molecule is CC(=O)[C@H]1CCCCC1C(=O)NCCN. The van der Waals surface area contributed by atoms with Gasteiger partial charge in [-0.1, -0.05) is 12.8 Å². The van der Waals surface area contributed by atoms with Crippen LogP contribution >= 0.6 is 0 Å². The maximum absolute atomic E-state index is 11.8. The molecule has 1 amide bonds. The number of hydrogen-bond donors (Lipinski definition) is 2. The third-order valence-corrected chi connectivity index (χ3v) is 3.07. The molecule has 1 fully saturated rings. The molecule has 2 atom stereocenters. The second-order valence-corrected chi connectivity index (χ2v) is 4.19. The molecule has 1 aliphatic carbocycles. The van der Waals surface area contributed by atoms with Crippen molar-refractivity contribution in [1.29, 1.82) is 0 Å². The third-order valence-electron chi connectivity index (χ3n) is 3.07. The Hall–Kier alpha value is -0.900. The number of ketones is 1. The predicted octanol–water partition coefficient (Wildman–Crippen LogP) is 0.457. The Labute approximate surface area is 90.6 Å². The molecule has 0 aromatic heterocycles. The molecule has 0 aromatic rings. The molecule has 4 nitrogen and oxygen atoms in total. The lowest BCUT2D eigenvalue weighted by molar-refractivity contribution is -0.134. The van der Waals surface area contributed by atoms with Gasteiger partial charge in [-0.05, 0) is 19.8 Å². The number of carbonyl (C=O) groups is 2. The van der Waals surface area contributed by atoms with Crippen LogP contribution in [0.5, 0.6) is 0 Å². The Morgan fingerprint density at radius 3 is 2.40 bits per heavy atom. The Bertz CT molecular complexity index is 241. The smallest absolute Gasteiger partial charge is 0.223 e. The van der Waals surface area contributed by atoms with Gasteiger partial charge >= 0.3 is 0 Å². The highest BCUT2D eigenvalue weighted by Gasteiger charge is 2.33. The van der Waals surface area contributed by atoms with Gasteiger partial charge in [-0.15, -0.1) is 0 Å². The Morgan fingerprint density at radius 2 is 1.87 bits per heavy atom. The van der Waals surface area contributed by atoms with Crippen molar-refractivity contribution in [3.05, 3.63) is 0 Å². The summed E-state index contributed by atoms with van der Waals surface area (Å²) < 4.78 is 0. The molecular formula is C11H20N2O2. The number of Topliss-reactive ketones (excluding diaryl/α,β-unsaturated/α-hetero) is 1. The molecular weight excluding hydrogens is 192 g/mol. The molecule has 0 radical (unpaired) electrons. The molecule has 0 aliphatic heterocycles. The van der Waals surface area contributed by atoms with E-state index in [9.17, 15) is 9.59 Å². The summed E-state index contributed by atoms with van der Waals surface area (Å²) in [6.07, 6.45) is 3.80. The highest BCUT2D eigenvalue weighted by atomic mass is 16.2. The van der Waals surface area contributed by atoms with Crippen molar-refractivity contribution < 1.29 is 9.59 Å². The van der Waals surface area contributed by atoms with Crippen LogP contribution in [0.25, 0.3) is 0 Å². The zero-order valence-electron chi connectivity index (χ0n) is 9.29. The first-order valence-electron chi connectivity index (χ1n) is 5.65. The minimum absolute atomic E-state index is 0.000324. The van der Waals surface area contributed by atoms with Crippen molar-refractivity contribution in [2.45, 2.75) is 32.6 Å². The first kappa shape index (κ1) is 12.2. The van der Waals surface area contributed by atoms with Crippen LogP contribution in [0, 0.1) is 11.8 Å². The van der Waals surface area contributed by atoms with Gasteiger partial charge in [-0.2, -0.15) is 0 Å². The maximum Gasteiger partial charge on any atom is 0.223 e. The molecule has 0 aromatic carbocycles. The van der Waals surface area contributed by atoms with E-state index in [0.717, 1.165) is 25.7 Å². The molecule has 0 heterocycles. The van der Waals surface area contributed by atoms with Crippen LogP contribution in [0.1, 0.15) is 32.6 Å². The van der Waals surface area contributed by atoms with Crippen LogP contribution in [0.15, 0.2) is 0 Å². The first-order valence-corrected chi connectivity index (χ1v) is 5.65. The average molecular weight is 212 g/mol. The third kappa shape index (κ3) is 3.30. The van der Waals surface area contributed by atoms with Crippen molar-refractivity contribution >= 4 is 11.7 Å². The van der Waals surface area contributed by atoms with E-state index in [1.807, 2.05) is 0 Å². The van der Waals surface area contributed by atoms with Gasteiger partial charge in [0.2, 0.25) is 5.91 Å². The minimum Gasteiger partial charge on any atom is -0.355 e. The molecule has 0 bridgehead atoms.